The van der Waals surface area contributed by atoms with Gasteiger partial charge in [0, 0.05) is 18.8 Å². The Morgan fingerprint density at radius 2 is 2.11 bits per heavy atom. The van der Waals surface area contributed by atoms with Crippen molar-refractivity contribution in [1.29, 1.82) is 0 Å². The number of halogens is 1. The Labute approximate surface area is 115 Å². The van der Waals surface area contributed by atoms with E-state index in [1.165, 1.54) is 0 Å². The summed E-state index contributed by atoms with van der Waals surface area (Å²) in [6.07, 6.45) is 5.62. The van der Waals surface area contributed by atoms with Crippen LogP contribution in [0.25, 0.3) is 0 Å². The van der Waals surface area contributed by atoms with Gasteiger partial charge in [-0.25, -0.2) is 0 Å². The smallest absolute Gasteiger partial charge is 0.139 e. The minimum absolute atomic E-state index is 0.175. The molecule has 0 aromatic carbocycles. The fourth-order valence-electron chi connectivity index (χ4n) is 1.71. The van der Waals surface area contributed by atoms with Crippen LogP contribution in [0.2, 0.25) is 5.02 Å². The lowest BCUT2D eigenvalue weighted by atomic mass is 10.2. The van der Waals surface area contributed by atoms with Crippen LogP contribution in [0, 0.1) is 5.92 Å². The maximum atomic E-state index is 5.91. The van der Waals surface area contributed by atoms with Gasteiger partial charge in [-0.2, -0.15) is 0 Å². The van der Waals surface area contributed by atoms with Gasteiger partial charge in [0.25, 0.3) is 0 Å². The second-order valence-corrected chi connectivity index (χ2v) is 5.36. The molecular formula is C14H23ClN2O. The zero-order chi connectivity index (χ0) is 13.4. The third kappa shape index (κ3) is 6.22. The van der Waals surface area contributed by atoms with Crippen molar-refractivity contribution in [2.75, 3.05) is 13.1 Å². The van der Waals surface area contributed by atoms with Gasteiger partial charge < -0.3 is 10.1 Å². The molecule has 0 fully saturated rings. The quantitative estimate of drug-likeness (QED) is 0.785. The van der Waals surface area contributed by atoms with Crippen molar-refractivity contribution in [3.05, 3.63) is 23.5 Å². The van der Waals surface area contributed by atoms with E-state index in [0.29, 0.717) is 10.9 Å². The number of nitrogens with one attached hydrogen (secondary N) is 1. The Morgan fingerprint density at radius 1 is 1.33 bits per heavy atom. The molecular weight excluding hydrogens is 248 g/mol. The largest absolute Gasteiger partial charge is 0.487 e. The SMILES string of the molecule is CCCC(CNCC(C)C)Oc1cncc(Cl)c1. The lowest BCUT2D eigenvalue weighted by molar-refractivity contribution is 0.184. The van der Waals surface area contributed by atoms with Crippen molar-refractivity contribution in [1.82, 2.24) is 10.3 Å². The molecule has 1 aromatic heterocycles. The second kappa shape index (κ2) is 8.33. The summed E-state index contributed by atoms with van der Waals surface area (Å²) in [4.78, 5) is 4.03. The zero-order valence-electron chi connectivity index (χ0n) is 11.4. The standard InChI is InChI=1S/C14H23ClN2O/c1-4-5-13(9-16-7-11(2)3)18-14-6-12(15)8-17-10-14/h6,8,10-11,13,16H,4-5,7,9H2,1-3H3. The zero-order valence-corrected chi connectivity index (χ0v) is 12.2. The normalized spacial score (nSPS) is 12.7. The van der Waals surface area contributed by atoms with Crippen LogP contribution < -0.4 is 10.1 Å². The van der Waals surface area contributed by atoms with Crippen LogP contribution in [0.3, 0.4) is 0 Å². The molecule has 0 amide bonds. The average Bonchev–Trinajstić information content (AvgIpc) is 2.28. The number of hydrogen-bond acceptors (Lipinski definition) is 3. The van der Waals surface area contributed by atoms with Crippen LogP contribution in [0.4, 0.5) is 0 Å². The second-order valence-electron chi connectivity index (χ2n) is 4.92. The molecule has 3 nitrogen and oxygen atoms in total. The van der Waals surface area contributed by atoms with Crippen LogP contribution in [0.1, 0.15) is 33.6 Å². The number of hydrogen-bond donors (Lipinski definition) is 1. The molecule has 4 heteroatoms. The van der Waals surface area contributed by atoms with Gasteiger partial charge in [0.05, 0.1) is 11.2 Å². The Kier molecular flexibility index (Phi) is 7.06. The molecule has 0 aliphatic carbocycles. The molecule has 0 spiro atoms. The van der Waals surface area contributed by atoms with Crippen LogP contribution >= 0.6 is 11.6 Å². The van der Waals surface area contributed by atoms with Crippen LogP contribution in [0.5, 0.6) is 5.75 Å². The van der Waals surface area contributed by atoms with Crippen LogP contribution in [0.15, 0.2) is 18.5 Å². The molecule has 0 aliphatic heterocycles. The van der Waals surface area contributed by atoms with Gasteiger partial charge in [0.2, 0.25) is 0 Å². The van der Waals surface area contributed by atoms with Gasteiger partial charge in [0.1, 0.15) is 11.9 Å². The number of aromatic nitrogens is 1. The molecule has 1 rings (SSSR count). The lowest BCUT2D eigenvalue weighted by Gasteiger charge is -2.19. The topological polar surface area (TPSA) is 34.1 Å². The van der Waals surface area contributed by atoms with Crippen molar-refractivity contribution in [2.45, 2.75) is 39.7 Å². The van der Waals surface area contributed by atoms with E-state index in [-0.39, 0.29) is 6.10 Å². The highest BCUT2D eigenvalue weighted by Crippen LogP contribution is 2.17. The van der Waals surface area contributed by atoms with Crippen molar-refractivity contribution >= 4 is 11.6 Å². The van der Waals surface area contributed by atoms with Gasteiger partial charge in [-0.15, -0.1) is 0 Å². The third-order valence-electron chi connectivity index (χ3n) is 2.52. The summed E-state index contributed by atoms with van der Waals surface area (Å²) < 4.78 is 5.91. The van der Waals surface area contributed by atoms with E-state index in [1.807, 2.05) is 0 Å². The Bertz CT molecular complexity index is 344. The molecule has 1 aromatic rings. The van der Waals surface area contributed by atoms with E-state index in [2.05, 4.69) is 31.1 Å². The summed E-state index contributed by atoms with van der Waals surface area (Å²) in [5, 5.41) is 4.04. The molecule has 1 heterocycles. The van der Waals surface area contributed by atoms with E-state index in [0.717, 1.165) is 31.7 Å². The van der Waals surface area contributed by atoms with Gasteiger partial charge in [-0.1, -0.05) is 38.8 Å². The predicted molar refractivity (Wildman–Crippen MR) is 76.3 cm³/mol. The van der Waals surface area contributed by atoms with Gasteiger partial charge >= 0.3 is 0 Å². The molecule has 1 unspecified atom stereocenters. The summed E-state index contributed by atoms with van der Waals surface area (Å²) in [5.41, 5.74) is 0. The van der Waals surface area contributed by atoms with E-state index < -0.39 is 0 Å². The van der Waals surface area contributed by atoms with Gasteiger partial charge in [-0.05, 0) is 18.9 Å². The molecule has 18 heavy (non-hydrogen) atoms. The highest BCUT2D eigenvalue weighted by atomic mass is 35.5. The number of nitrogens with zero attached hydrogens (tertiary/aromatic N) is 1. The maximum absolute atomic E-state index is 5.91. The first-order chi connectivity index (χ1) is 8.61. The predicted octanol–water partition coefficient (Wildman–Crippen LogP) is 3.53. The minimum atomic E-state index is 0.175. The number of ether oxygens (including phenoxy) is 1. The summed E-state index contributed by atoms with van der Waals surface area (Å²) in [6, 6.07) is 1.81. The minimum Gasteiger partial charge on any atom is -0.487 e. The lowest BCUT2D eigenvalue weighted by Crippen LogP contribution is -2.33. The summed E-state index contributed by atoms with van der Waals surface area (Å²) in [7, 11) is 0. The summed E-state index contributed by atoms with van der Waals surface area (Å²) >= 11 is 5.89. The molecule has 1 N–H and O–H groups in total. The van der Waals surface area contributed by atoms with Gasteiger partial charge in [-0.3, -0.25) is 4.98 Å². The van der Waals surface area contributed by atoms with Crippen molar-refractivity contribution in [3.8, 4) is 5.75 Å². The third-order valence-corrected chi connectivity index (χ3v) is 2.72. The Hall–Kier alpha value is -0.800. The Balaban J connectivity index is 2.46. The molecule has 0 radical (unpaired) electrons. The van der Waals surface area contributed by atoms with Crippen molar-refractivity contribution in [3.63, 3.8) is 0 Å². The highest BCUT2D eigenvalue weighted by molar-refractivity contribution is 6.30. The molecule has 0 aliphatic rings. The first-order valence-corrected chi connectivity index (χ1v) is 6.97. The number of rotatable bonds is 8. The molecule has 0 bridgehead atoms. The Morgan fingerprint density at radius 3 is 2.72 bits per heavy atom. The van der Waals surface area contributed by atoms with E-state index >= 15 is 0 Å². The maximum Gasteiger partial charge on any atom is 0.139 e. The molecule has 1 atom stereocenters. The fraction of sp³-hybridized carbons (Fsp3) is 0.643. The first-order valence-electron chi connectivity index (χ1n) is 6.59. The van der Waals surface area contributed by atoms with Crippen molar-refractivity contribution in [2.24, 2.45) is 5.92 Å². The van der Waals surface area contributed by atoms with Gasteiger partial charge in [0.15, 0.2) is 0 Å². The van der Waals surface area contributed by atoms with Crippen LogP contribution in [-0.2, 0) is 0 Å². The summed E-state index contributed by atoms with van der Waals surface area (Å²) in [5.74, 6) is 1.40. The van der Waals surface area contributed by atoms with E-state index in [4.69, 9.17) is 16.3 Å². The summed E-state index contributed by atoms with van der Waals surface area (Å²) in [6.45, 7) is 8.43. The monoisotopic (exact) mass is 270 g/mol. The van der Waals surface area contributed by atoms with Crippen LogP contribution in [-0.4, -0.2) is 24.2 Å². The van der Waals surface area contributed by atoms with E-state index in [1.54, 1.807) is 18.5 Å². The van der Waals surface area contributed by atoms with Crippen molar-refractivity contribution < 1.29 is 4.74 Å². The molecule has 102 valence electrons. The number of pyridine rings is 1. The average molecular weight is 271 g/mol. The molecule has 0 saturated carbocycles. The fourth-order valence-corrected chi connectivity index (χ4v) is 1.87. The molecule has 0 saturated heterocycles. The van der Waals surface area contributed by atoms with E-state index in [9.17, 15) is 0 Å². The highest BCUT2D eigenvalue weighted by Gasteiger charge is 2.10. The first kappa shape index (κ1) is 15.3.